The lowest BCUT2D eigenvalue weighted by Crippen LogP contribution is -2.25. The summed E-state index contributed by atoms with van der Waals surface area (Å²) in [4.78, 5) is 24.3. The molecule has 2 heterocycles. The van der Waals surface area contributed by atoms with E-state index in [9.17, 15) is 18.0 Å². The number of rotatable bonds is 7. The Morgan fingerprint density at radius 2 is 2.00 bits per heavy atom. The molecular formula is C19H23ClN4O4S. The standard InChI is InChI=1S/C19H23ClN4O4S/c1-13-11-17(24(23-13)16-8-10-29(27,28)12-16)22-18(25)3-2-9-21-19(26)14-4-6-15(20)7-5-14/h4-7,11,16H,2-3,8-10,12H2,1H3,(H,21,26)(H,22,25). The first kappa shape index (κ1) is 21.3. The molecule has 1 saturated heterocycles. The van der Waals surface area contributed by atoms with Gasteiger partial charge in [0.05, 0.1) is 23.2 Å². The van der Waals surface area contributed by atoms with Crippen molar-refractivity contribution in [3.8, 4) is 0 Å². The lowest BCUT2D eigenvalue weighted by molar-refractivity contribution is -0.116. The van der Waals surface area contributed by atoms with Crippen LogP contribution in [0, 0.1) is 6.92 Å². The quantitative estimate of drug-likeness (QED) is 0.645. The van der Waals surface area contributed by atoms with Crippen molar-refractivity contribution in [2.45, 2.75) is 32.2 Å². The van der Waals surface area contributed by atoms with Crippen LogP contribution in [0.3, 0.4) is 0 Å². The fraction of sp³-hybridized carbons (Fsp3) is 0.421. The van der Waals surface area contributed by atoms with Crippen LogP contribution >= 0.6 is 11.6 Å². The maximum atomic E-state index is 12.3. The average Bonchev–Trinajstić information content (AvgIpc) is 3.20. The van der Waals surface area contributed by atoms with E-state index in [1.165, 1.54) is 0 Å². The van der Waals surface area contributed by atoms with Crippen LogP contribution in [0.25, 0.3) is 0 Å². The van der Waals surface area contributed by atoms with Crippen molar-refractivity contribution in [1.82, 2.24) is 15.1 Å². The Morgan fingerprint density at radius 3 is 2.66 bits per heavy atom. The second kappa shape index (κ2) is 8.96. The number of nitrogens with one attached hydrogen (secondary N) is 2. The zero-order valence-electron chi connectivity index (χ0n) is 16.0. The van der Waals surface area contributed by atoms with Crippen molar-refractivity contribution >= 4 is 39.1 Å². The number of aromatic nitrogens is 2. The topological polar surface area (TPSA) is 110 Å². The fourth-order valence-electron chi connectivity index (χ4n) is 3.22. The first-order valence-electron chi connectivity index (χ1n) is 9.34. The largest absolute Gasteiger partial charge is 0.352 e. The molecule has 1 aliphatic rings. The number of carbonyl (C=O) groups excluding carboxylic acids is 2. The summed E-state index contributed by atoms with van der Waals surface area (Å²) in [5.41, 5.74) is 1.21. The molecule has 2 amide bonds. The zero-order chi connectivity index (χ0) is 21.0. The molecule has 1 atom stereocenters. The lowest BCUT2D eigenvalue weighted by atomic mass is 10.2. The van der Waals surface area contributed by atoms with Gasteiger partial charge in [-0.05, 0) is 44.0 Å². The highest BCUT2D eigenvalue weighted by Crippen LogP contribution is 2.27. The van der Waals surface area contributed by atoms with E-state index in [1.54, 1.807) is 41.9 Å². The molecule has 10 heteroatoms. The van der Waals surface area contributed by atoms with E-state index in [4.69, 9.17) is 11.6 Å². The van der Waals surface area contributed by atoms with Crippen LogP contribution in [-0.4, -0.2) is 48.1 Å². The summed E-state index contributed by atoms with van der Waals surface area (Å²) in [6.45, 7) is 2.15. The molecule has 1 fully saturated rings. The number of carbonyl (C=O) groups is 2. The number of hydrogen-bond acceptors (Lipinski definition) is 5. The normalized spacial score (nSPS) is 17.8. The van der Waals surface area contributed by atoms with Gasteiger partial charge in [0.1, 0.15) is 5.82 Å². The molecule has 8 nitrogen and oxygen atoms in total. The third-order valence-electron chi connectivity index (χ3n) is 4.65. The van der Waals surface area contributed by atoms with E-state index in [2.05, 4.69) is 15.7 Å². The third-order valence-corrected chi connectivity index (χ3v) is 6.65. The van der Waals surface area contributed by atoms with Crippen molar-refractivity contribution in [1.29, 1.82) is 0 Å². The first-order valence-corrected chi connectivity index (χ1v) is 11.5. The second-order valence-electron chi connectivity index (χ2n) is 7.09. The molecule has 2 N–H and O–H groups in total. The SMILES string of the molecule is Cc1cc(NC(=O)CCCNC(=O)c2ccc(Cl)cc2)n(C2CCS(=O)(=O)C2)n1. The van der Waals surface area contributed by atoms with Crippen LogP contribution in [0.2, 0.25) is 5.02 Å². The zero-order valence-corrected chi connectivity index (χ0v) is 17.6. The van der Waals surface area contributed by atoms with Crippen molar-refractivity contribution in [3.05, 3.63) is 46.6 Å². The van der Waals surface area contributed by atoms with Gasteiger partial charge in [-0.1, -0.05) is 11.6 Å². The third kappa shape index (κ3) is 5.80. The first-order chi connectivity index (χ1) is 13.7. The van der Waals surface area contributed by atoms with Crippen LogP contribution in [0.1, 0.15) is 41.4 Å². The fourth-order valence-corrected chi connectivity index (χ4v) is 5.03. The molecule has 0 radical (unpaired) electrons. The van der Waals surface area contributed by atoms with Crippen molar-refractivity contribution in [2.24, 2.45) is 0 Å². The predicted molar refractivity (Wildman–Crippen MR) is 111 cm³/mol. The Hall–Kier alpha value is -2.39. The number of nitrogens with zero attached hydrogens (tertiary/aromatic N) is 2. The summed E-state index contributed by atoms with van der Waals surface area (Å²) in [7, 11) is -3.05. The minimum absolute atomic E-state index is 0.0354. The Bertz CT molecular complexity index is 1000. The van der Waals surface area contributed by atoms with Gasteiger partial charge >= 0.3 is 0 Å². The Labute approximate surface area is 174 Å². The lowest BCUT2D eigenvalue weighted by Gasteiger charge is -2.14. The van der Waals surface area contributed by atoms with E-state index >= 15 is 0 Å². The number of anilines is 1. The van der Waals surface area contributed by atoms with E-state index in [0.717, 1.165) is 0 Å². The monoisotopic (exact) mass is 438 g/mol. The van der Waals surface area contributed by atoms with Gasteiger partial charge in [0.15, 0.2) is 9.84 Å². The molecule has 0 aliphatic carbocycles. The van der Waals surface area contributed by atoms with E-state index in [1.807, 2.05) is 0 Å². The molecule has 3 rings (SSSR count). The highest BCUT2D eigenvalue weighted by Gasteiger charge is 2.31. The van der Waals surface area contributed by atoms with Crippen LogP contribution in [-0.2, 0) is 14.6 Å². The Balaban J connectivity index is 1.48. The number of hydrogen-bond donors (Lipinski definition) is 2. The van der Waals surface area contributed by atoms with Crippen molar-refractivity contribution < 1.29 is 18.0 Å². The molecule has 1 unspecified atom stereocenters. The smallest absolute Gasteiger partial charge is 0.251 e. The highest BCUT2D eigenvalue weighted by molar-refractivity contribution is 7.91. The summed E-state index contributed by atoms with van der Waals surface area (Å²) in [6.07, 6.45) is 1.17. The number of amides is 2. The van der Waals surface area contributed by atoms with Gasteiger partial charge in [-0.2, -0.15) is 5.10 Å². The van der Waals surface area contributed by atoms with Gasteiger partial charge in [0, 0.05) is 29.6 Å². The summed E-state index contributed by atoms with van der Waals surface area (Å²) >= 11 is 5.80. The summed E-state index contributed by atoms with van der Waals surface area (Å²) in [5, 5.41) is 10.5. The molecule has 0 bridgehead atoms. The van der Waals surface area contributed by atoms with Gasteiger partial charge in [-0.3, -0.25) is 9.59 Å². The average molecular weight is 439 g/mol. The number of halogens is 1. The molecule has 2 aromatic rings. The molecule has 1 aliphatic heterocycles. The molecule has 1 aromatic carbocycles. The predicted octanol–water partition coefficient (Wildman–Crippen LogP) is 2.35. The van der Waals surface area contributed by atoms with Gasteiger partial charge in [0.2, 0.25) is 5.91 Å². The number of benzene rings is 1. The van der Waals surface area contributed by atoms with Gasteiger partial charge < -0.3 is 10.6 Å². The van der Waals surface area contributed by atoms with Crippen LogP contribution in [0.4, 0.5) is 5.82 Å². The Morgan fingerprint density at radius 1 is 1.28 bits per heavy atom. The van der Waals surface area contributed by atoms with E-state index in [0.29, 0.717) is 41.5 Å². The summed E-state index contributed by atoms with van der Waals surface area (Å²) in [5.74, 6) is 0.233. The Kier molecular flexibility index (Phi) is 6.59. The van der Waals surface area contributed by atoms with Crippen LogP contribution in [0.5, 0.6) is 0 Å². The van der Waals surface area contributed by atoms with Gasteiger partial charge in [0.25, 0.3) is 5.91 Å². The minimum Gasteiger partial charge on any atom is -0.352 e. The maximum Gasteiger partial charge on any atom is 0.251 e. The second-order valence-corrected chi connectivity index (χ2v) is 9.75. The number of aryl methyl sites for hydroxylation is 1. The molecule has 29 heavy (non-hydrogen) atoms. The van der Waals surface area contributed by atoms with Gasteiger partial charge in [-0.15, -0.1) is 0 Å². The van der Waals surface area contributed by atoms with Gasteiger partial charge in [-0.25, -0.2) is 13.1 Å². The van der Waals surface area contributed by atoms with Crippen molar-refractivity contribution in [3.63, 3.8) is 0 Å². The highest BCUT2D eigenvalue weighted by atomic mass is 35.5. The van der Waals surface area contributed by atoms with E-state index in [-0.39, 0.29) is 35.8 Å². The summed E-state index contributed by atoms with van der Waals surface area (Å²) in [6, 6.07) is 8.02. The molecule has 156 valence electrons. The van der Waals surface area contributed by atoms with Crippen LogP contribution in [0.15, 0.2) is 30.3 Å². The van der Waals surface area contributed by atoms with Crippen LogP contribution < -0.4 is 10.6 Å². The maximum absolute atomic E-state index is 12.3. The molecule has 0 saturated carbocycles. The number of sulfone groups is 1. The molecule has 0 spiro atoms. The molecular weight excluding hydrogens is 416 g/mol. The van der Waals surface area contributed by atoms with E-state index < -0.39 is 9.84 Å². The minimum atomic E-state index is -3.05. The summed E-state index contributed by atoms with van der Waals surface area (Å²) < 4.78 is 25.1. The van der Waals surface area contributed by atoms with Crippen molar-refractivity contribution in [2.75, 3.05) is 23.4 Å². The molecule has 1 aromatic heterocycles.